The van der Waals surface area contributed by atoms with Gasteiger partial charge in [0.1, 0.15) is 11.3 Å². The minimum absolute atomic E-state index is 0.00553. The van der Waals surface area contributed by atoms with Crippen molar-refractivity contribution in [2.75, 3.05) is 23.3 Å². The van der Waals surface area contributed by atoms with Crippen molar-refractivity contribution in [1.82, 2.24) is 4.98 Å². The van der Waals surface area contributed by atoms with E-state index in [9.17, 15) is 14.7 Å². The molecule has 190 valence electrons. The number of aryl methyl sites for hydroxylation is 1. The summed E-state index contributed by atoms with van der Waals surface area (Å²) in [6.07, 6.45) is 5.42. The van der Waals surface area contributed by atoms with Crippen LogP contribution in [0.25, 0.3) is 11.0 Å². The van der Waals surface area contributed by atoms with Gasteiger partial charge in [-0.25, -0.2) is 4.79 Å². The Labute approximate surface area is 215 Å². The van der Waals surface area contributed by atoms with Crippen LogP contribution in [0, 0.1) is 13.8 Å². The van der Waals surface area contributed by atoms with Gasteiger partial charge >= 0.3 is 5.97 Å². The average Bonchev–Trinajstić information content (AvgIpc) is 2.91. The first-order valence-electron chi connectivity index (χ1n) is 12.6. The van der Waals surface area contributed by atoms with Crippen molar-refractivity contribution < 1.29 is 14.3 Å². The maximum atomic E-state index is 13.5. The second-order valence-corrected chi connectivity index (χ2v) is 9.84. The summed E-state index contributed by atoms with van der Waals surface area (Å²) in [6, 6.07) is 14.5. The number of carboxylic acids is 1. The molecule has 37 heavy (non-hydrogen) atoms. The molecule has 2 N–H and O–H groups in total. The zero-order valence-corrected chi connectivity index (χ0v) is 21.3. The first-order chi connectivity index (χ1) is 17.8. The Kier molecular flexibility index (Phi) is 6.70. The fraction of sp³-hybridized carbons (Fsp3) is 0.300. The van der Waals surface area contributed by atoms with Crippen LogP contribution in [0.15, 0.2) is 70.1 Å². The summed E-state index contributed by atoms with van der Waals surface area (Å²) in [5, 5.41) is 13.5. The van der Waals surface area contributed by atoms with Crippen LogP contribution in [0.1, 0.15) is 64.5 Å². The number of carbonyl (C=O) groups is 1. The zero-order chi connectivity index (χ0) is 26.1. The van der Waals surface area contributed by atoms with E-state index in [-0.39, 0.29) is 23.0 Å². The van der Waals surface area contributed by atoms with Crippen molar-refractivity contribution in [2.24, 2.45) is 0 Å². The van der Waals surface area contributed by atoms with E-state index in [1.54, 1.807) is 30.5 Å². The molecule has 0 saturated carbocycles. The quantitative estimate of drug-likeness (QED) is 0.334. The fourth-order valence-electron chi connectivity index (χ4n) is 5.34. The number of nitrogens with one attached hydrogen (secondary N) is 1. The van der Waals surface area contributed by atoms with Crippen molar-refractivity contribution in [3.8, 4) is 0 Å². The van der Waals surface area contributed by atoms with Crippen LogP contribution >= 0.6 is 0 Å². The number of rotatable bonds is 6. The molecule has 1 aliphatic rings. The number of para-hydroxylation sites is 1. The number of aromatic nitrogens is 1. The number of hydrogen-bond donors (Lipinski definition) is 2. The molecule has 2 aromatic carbocycles. The van der Waals surface area contributed by atoms with Gasteiger partial charge in [-0.15, -0.1) is 0 Å². The number of hydrogen-bond acceptors (Lipinski definition) is 6. The third-order valence-electron chi connectivity index (χ3n) is 7.30. The first kappa shape index (κ1) is 24.6. The summed E-state index contributed by atoms with van der Waals surface area (Å²) < 4.78 is 6.59. The highest BCUT2D eigenvalue weighted by atomic mass is 16.4. The highest BCUT2D eigenvalue weighted by Crippen LogP contribution is 2.35. The van der Waals surface area contributed by atoms with Crippen LogP contribution < -0.4 is 15.6 Å². The Morgan fingerprint density at radius 1 is 1.14 bits per heavy atom. The van der Waals surface area contributed by atoms with Crippen molar-refractivity contribution in [2.45, 2.75) is 45.6 Å². The Balaban J connectivity index is 1.50. The first-order valence-corrected chi connectivity index (χ1v) is 12.6. The predicted octanol–water partition coefficient (Wildman–Crippen LogP) is 6.06. The molecule has 1 saturated heterocycles. The van der Waals surface area contributed by atoms with Gasteiger partial charge < -0.3 is 19.7 Å². The molecule has 0 radical (unpaired) electrons. The van der Waals surface area contributed by atoms with Gasteiger partial charge in [0.15, 0.2) is 5.43 Å². The molecule has 7 nitrogen and oxygen atoms in total. The van der Waals surface area contributed by atoms with Crippen molar-refractivity contribution in [3.63, 3.8) is 0 Å². The summed E-state index contributed by atoms with van der Waals surface area (Å²) in [5.74, 6) is -0.0896. The second-order valence-electron chi connectivity index (χ2n) is 9.84. The van der Waals surface area contributed by atoms with Crippen molar-refractivity contribution in [1.29, 1.82) is 0 Å². The number of benzene rings is 2. The molecule has 0 bridgehead atoms. The Bertz CT molecular complexity index is 1510. The van der Waals surface area contributed by atoms with E-state index in [1.807, 2.05) is 45.2 Å². The molecule has 1 atom stereocenters. The molecule has 1 unspecified atom stereocenters. The standard InChI is InChI=1S/C30H31N3O4/c1-18-15-24(20(3)32-26-9-5-4-8-23(26)30(35)36)29-25(16-18)27(34)19(2)28(37-29)21-10-13-33(14-11-21)22-7-6-12-31-17-22/h4-9,12,15-17,20-21,32H,10-11,13-14H2,1-3H3,(H,35,36). The molecule has 2 aromatic heterocycles. The molecule has 0 spiro atoms. The third-order valence-corrected chi connectivity index (χ3v) is 7.30. The number of carboxylic acid groups (broad SMARTS) is 1. The normalized spacial score (nSPS) is 15.1. The average molecular weight is 498 g/mol. The number of anilines is 2. The minimum Gasteiger partial charge on any atom is -0.478 e. The van der Waals surface area contributed by atoms with E-state index in [2.05, 4.69) is 21.3 Å². The maximum absolute atomic E-state index is 13.5. The number of aromatic carboxylic acids is 1. The van der Waals surface area contributed by atoms with E-state index in [4.69, 9.17) is 4.42 Å². The summed E-state index contributed by atoms with van der Waals surface area (Å²) in [6.45, 7) is 7.50. The van der Waals surface area contributed by atoms with Gasteiger partial charge in [-0.1, -0.05) is 18.2 Å². The van der Waals surface area contributed by atoms with Crippen molar-refractivity contribution in [3.05, 3.63) is 99.2 Å². The molecule has 1 fully saturated rings. The lowest BCUT2D eigenvalue weighted by molar-refractivity contribution is 0.0698. The predicted molar refractivity (Wildman–Crippen MR) is 146 cm³/mol. The Morgan fingerprint density at radius 3 is 2.59 bits per heavy atom. The van der Waals surface area contributed by atoms with Crippen molar-refractivity contribution >= 4 is 28.3 Å². The third kappa shape index (κ3) is 4.81. The molecule has 5 rings (SSSR count). The van der Waals surface area contributed by atoms with E-state index in [0.29, 0.717) is 22.2 Å². The molecule has 0 amide bonds. The van der Waals surface area contributed by atoms with Crippen LogP contribution in [-0.2, 0) is 0 Å². The second kappa shape index (κ2) is 10.1. The number of fused-ring (bicyclic) bond motifs is 1. The van der Waals surface area contributed by atoms with Gasteiger partial charge in [0, 0.05) is 42.0 Å². The Morgan fingerprint density at radius 2 is 1.89 bits per heavy atom. The van der Waals surface area contributed by atoms with Gasteiger partial charge in [-0.2, -0.15) is 0 Å². The molecule has 3 heterocycles. The minimum atomic E-state index is -0.994. The lowest BCUT2D eigenvalue weighted by Crippen LogP contribution is -2.33. The van der Waals surface area contributed by atoms with E-state index in [0.717, 1.165) is 48.5 Å². The van der Waals surface area contributed by atoms with E-state index < -0.39 is 5.97 Å². The molecule has 7 heteroatoms. The monoisotopic (exact) mass is 497 g/mol. The van der Waals surface area contributed by atoms with Crippen LogP contribution in [0.4, 0.5) is 11.4 Å². The zero-order valence-electron chi connectivity index (χ0n) is 21.3. The van der Waals surface area contributed by atoms with Crippen LogP contribution in [0.2, 0.25) is 0 Å². The molecular weight excluding hydrogens is 466 g/mol. The Hall–Kier alpha value is -4.13. The summed E-state index contributed by atoms with van der Waals surface area (Å²) in [5.41, 5.74) is 4.85. The lowest BCUT2D eigenvalue weighted by Gasteiger charge is -2.33. The highest BCUT2D eigenvalue weighted by molar-refractivity contribution is 5.94. The number of piperidine rings is 1. The summed E-state index contributed by atoms with van der Waals surface area (Å²) in [4.78, 5) is 31.8. The van der Waals surface area contributed by atoms with Gasteiger partial charge in [-0.05, 0) is 69.5 Å². The lowest BCUT2D eigenvalue weighted by atomic mass is 9.90. The summed E-state index contributed by atoms with van der Waals surface area (Å²) in [7, 11) is 0. The maximum Gasteiger partial charge on any atom is 0.337 e. The largest absolute Gasteiger partial charge is 0.478 e. The number of nitrogens with zero attached hydrogens (tertiary/aromatic N) is 2. The molecular formula is C30H31N3O4. The van der Waals surface area contributed by atoms with Crippen LogP contribution in [0.3, 0.4) is 0 Å². The van der Waals surface area contributed by atoms with Gasteiger partial charge in [-0.3, -0.25) is 9.78 Å². The van der Waals surface area contributed by atoms with E-state index >= 15 is 0 Å². The molecule has 4 aromatic rings. The van der Waals surface area contributed by atoms with Crippen LogP contribution in [0.5, 0.6) is 0 Å². The highest BCUT2D eigenvalue weighted by Gasteiger charge is 2.27. The SMILES string of the molecule is Cc1cc(C(C)Nc2ccccc2C(=O)O)c2oc(C3CCN(c4cccnc4)CC3)c(C)c(=O)c2c1. The topological polar surface area (TPSA) is 95.7 Å². The summed E-state index contributed by atoms with van der Waals surface area (Å²) >= 11 is 0. The van der Waals surface area contributed by atoms with E-state index in [1.165, 1.54) is 0 Å². The molecule has 0 aliphatic carbocycles. The van der Waals surface area contributed by atoms with Crippen LogP contribution in [-0.4, -0.2) is 29.1 Å². The van der Waals surface area contributed by atoms with Gasteiger partial charge in [0.2, 0.25) is 0 Å². The van der Waals surface area contributed by atoms with Gasteiger partial charge in [0.25, 0.3) is 0 Å². The van der Waals surface area contributed by atoms with Gasteiger partial charge in [0.05, 0.1) is 28.9 Å². The fourth-order valence-corrected chi connectivity index (χ4v) is 5.34. The number of pyridine rings is 1. The smallest absolute Gasteiger partial charge is 0.337 e. The molecule has 1 aliphatic heterocycles.